The first-order valence-corrected chi connectivity index (χ1v) is 5.37. The first kappa shape index (κ1) is 9.75. The molecular formula is C12H7BrCl. The van der Waals surface area contributed by atoms with E-state index in [9.17, 15) is 0 Å². The second-order valence-corrected chi connectivity index (χ2v) is 4.11. The fraction of sp³-hybridized carbons (Fsp3) is 0. The van der Waals surface area contributed by atoms with E-state index in [1.165, 1.54) is 0 Å². The summed E-state index contributed by atoms with van der Waals surface area (Å²) in [7, 11) is 0. The molecule has 0 unspecified atom stereocenters. The molecule has 0 fully saturated rings. The predicted octanol–water partition coefficient (Wildman–Crippen LogP) is 4.57. The Bertz CT molecular complexity index is 408. The Morgan fingerprint density at radius 1 is 1.00 bits per heavy atom. The normalized spacial score (nSPS) is 10.1. The van der Waals surface area contributed by atoms with Crippen LogP contribution in [0.5, 0.6) is 0 Å². The quantitative estimate of drug-likeness (QED) is 0.709. The van der Waals surface area contributed by atoms with Gasteiger partial charge in [0.25, 0.3) is 0 Å². The molecule has 0 aliphatic rings. The molecule has 0 aliphatic carbocycles. The van der Waals surface area contributed by atoms with E-state index in [0.29, 0.717) is 5.02 Å². The minimum absolute atomic E-state index is 0.652. The third-order valence-electron chi connectivity index (χ3n) is 1.97. The van der Waals surface area contributed by atoms with Crippen LogP contribution in [0.4, 0.5) is 0 Å². The minimum atomic E-state index is 0.652. The number of hydrogen-bond donors (Lipinski definition) is 0. The summed E-state index contributed by atoms with van der Waals surface area (Å²) in [5.41, 5.74) is 2.09. The number of benzene rings is 2. The summed E-state index contributed by atoms with van der Waals surface area (Å²) in [6.45, 7) is 0. The van der Waals surface area contributed by atoms with Gasteiger partial charge in [-0.3, -0.25) is 0 Å². The van der Waals surface area contributed by atoms with E-state index >= 15 is 0 Å². The predicted molar refractivity (Wildman–Crippen MR) is 63.4 cm³/mol. The molecule has 69 valence electrons. The second-order valence-electron chi connectivity index (χ2n) is 2.88. The van der Waals surface area contributed by atoms with Crippen LogP contribution in [0, 0.1) is 6.07 Å². The van der Waals surface area contributed by atoms with E-state index in [2.05, 4.69) is 22.0 Å². The molecule has 2 aromatic carbocycles. The van der Waals surface area contributed by atoms with Crippen LogP contribution in [0.3, 0.4) is 0 Å². The summed E-state index contributed by atoms with van der Waals surface area (Å²) in [5, 5.41) is 0.652. The summed E-state index contributed by atoms with van der Waals surface area (Å²) in [6, 6.07) is 16.7. The van der Waals surface area contributed by atoms with Crippen LogP contribution in [0.2, 0.25) is 5.02 Å². The summed E-state index contributed by atoms with van der Waals surface area (Å²) < 4.78 is 1.04. The van der Waals surface area contributed by atoms with Gasteiger partial charge in [0.2, 0.25) is 0 Å². The molecule has 2 aromatic rings. The fourth-order valence-corrected chi connectivity index (χ4v) is 2.03. The van der Waals surface area contributed by atoms with Gasteiger partial charge in [-0.15, -0.1) is 0 Å². The highest BCUT2D eigenvalue weighted by Crippen LogP contribution is 2.32. The second kappa shape index (κ2) is 4.16. The van der Waals surface area contributed by atoms with Gasteiger partial charge in [0, 0.05) is 16.1 Å². The molecule has 0 aromatic heterocycles. The zero-order chi connectivity index (χ0) is 9.97. The van der Waals surface area contributed by atoms with E-state index in [-0.39, 0.29) is 0 Å². The molecule has 2 heteroatoms. The Morgan fingerprint density at radius 2 is 1.71 bits per heavy atom. The maximum atomic E-state index is 6.05. The first-order chi connectivity index (χ1) is 6.79. The topological polar surface area (TPSA) is 0 Å². The summed E-state index contributed by atoms with van der Waals surface area (Å²) in [4.78, 5) is 0. The average molecular weight is 267 g/mol. The first-order valence-electron chi connectivity index (χ1n) is 4.20. The lowest BCUT2D eigenvalue weighted by molar-refractivity contribution is 1.58. The lowest BCUT2D eigenvalue weighted by Gasteiger charge is -2.05. The summed E-state index contributed by atoms with van der Waals surface area (Å²) in [6.07, 6.45) is 0. The van der Waals surface area contributed by atoms with Gasteiger partial charge in [-0.2, -0.15) is 0 Å². The fourth-order valence-electron chi connectivity index (χ4n) is 1.30. The van der Waals surface area contributed by atoms with Gasteiger partial charge in [-0.1, -0.05) is 63.9 Å². The van der Waals surface area contributed by atoms with E-state index in [1.807, 2.05) is 42.5 Å². The molecule has 2 rings (SSSR count). The molecule has 0 saturated heterocycles. The van der Waals surface area contributed by atoms with Crippen LogP contribution in [-0.4, -0.2) is 0 Å². The number of rotatable bonds is 1. The third kappa shape index (κ3) is 1.84. The van der Waals surface area contributed by atoms with Gasteiger partial charge in [0.05, 0.1) is 5.02 Å². The Hall–Kier alpha value is -0.790. The van der Waals surface area contributed by atoms with Gasteiger partial charge in [-0.25, -0.2) is 0 Å². The van der Waals surface area contributed by atoms with Crippen LogP contribution < -0.4 is 0 Å². The standard InChI is InChI=1S/C12H7BrCl/c13-11-7-3-1-5-9(11)10-6-2-4-8-12(10)14/h1-7H. The zero-order valence-electron chi connectivity index (χ0n) is 7.30. The molecule has 0 spiro atoms. The molecule has 1 radical (unpaired) electrons. The molecule has 0 nitrogen and oxygen atoms in total. The largest absolute Gasteiger partial charge is 0.0830 e. The maximum absolute atomic E-state index is 6.05. The minimum Gasteiger partial charge on any atom is -0.0830 e. The van der Waals surface area contributed by atoms with Crippen molar-refractivity contribution in [1.29, 1.82) is 0 Å². The molecule has 0 atom stereocenters. The van der Waals surface area contributed by atoms with E-state index in [0.717, 1.165) is 15.6 Å². The molecule has 0 bridgehead atoms. The molecule has 0 N–H and O–H groups in total. The van der Waals surface area contributed by atoms with Gasteiger partial charge in [0.15, 0.2) is 0 Å². The van der Waals surface area contributed by atoms with Crippen LogP contribution in [0.1, 0.15) is 0 Å². The van der Waals surface area contributed by atoms with Crippen molar-refractivity contribution in [3.63, 3.8) is 0 Å². The smallest absolute Gasteiger partial charge is 0.0563 e. The number of hydrogen-bond acceptors (Lipinski definition) is 0. The van der Waals surface area contributed by atoms with Gasteiger partial charge in [-0.05, 0) is 11.6 Å². The lowest BCUT2D eigenvalue weighted by atomic mass is 10.1. The lowest BCUT2D eigenvalue weighted by Crippen LogP contribution is -1.80. The summed E-state index contributed by atoms with van der Waals surface area (Å²) >= 11 is 9.55. The third-order valence-corrected chi connectivity index (χ3v) is 2.97. The number of halogens is 2. The molecule has 0 saturated carbocycles. The van der Waals surface area contributed by atoms with Crippen molar-refractivity contribution in [3.05, 3.63) is 58.0 Å². The Balaban J connectivity index is 2.61. The Kier molecular flexibility index (Phi) is 2.90. The van der Waals surface area contributed by atoms with Crippen molar-refractivity contribution < 1.29 is 0 Å². The van der Waals surface area contributed by atoms with Crippen molar-refractivity contribution in [2.24, 2.45) is 0 Å². The molecule has 0 aliphatic heterocycles. The van der Waals surface area contributed by atoms with E-state index < -0.39 is 0 Å². The Labute approximate surface area is 96.7 Å². The molecule has 14 heavy (non-hydrogen) atoms. The highest BCUT2D eigenvalue weighted by Gasteiger charge is 2.04. The molecule has 0 heterocycles. The molecular weight excluding hydrogens is 259 g/mol. The van der Waals surface area contributed by atoms with Gasteiger partial charge in [0.1, 0.15) is 0 Å². The van der Waals surface area contributed by atoms with Crippen molar-refractivity contribution in [3.8, 4) is 11.1 Å². The zero-order valence-corrected chi connectivity index (χ0v) is 9.64. The van der Waals surface area contributed by atoms with Crippen LogP contribution in [-0.2, 0) is 0 Å². The monoisotopic (exact) mass is 265 g/mol. The summed E-state index contributed by atoms with van der Waals surface area (Å²) in [5.74, 6) is 0. The van der Waals surface area contributed by atoms with E-state index in [4.69, 9.17) is 11.6 Å². The Morgan fingerprint density at radius 3 is 2.43 bits per heavy atom. The van der Waals surface area contributed by atoms with Crippen molar-refractivity contribution >= 4 is 27.5 Å². The maximum Gasteiger partial charge on any atom is 0.0563 e. The average Bonchev–Trinajstić information content (AvgIpc) is 2.20. The van der Waals surface area contributed by atoms with Crippen molar-refractivity contribution in [1.82, 2.24) is 0 Å². The van der Waals surface area contributed by atoms with Crippen molar-refractivity contribution in [2.75, 3.05) is 0 Å². The molecule has 0 amide bonds. The van der Waals surface area contributed by atoms with E-state index in [1.54, 1.807) is 0 Å². The SMILES string of the molecule is Clc1[c]cccc1-c1ccccc1Br. The van der Waals surface area contributed by atoms with Gasteiger partial charge < -0.3 is 0 Å². The van der Waals surface area contributed by atoms with Crippen LogP contribution >= 0.6 is 27.5 Å². The van der Waals surface area contributed by atoms with Crippen LogP contribution in [0.25, 0.3) is 11.1 Å². The highest BCUT2D eigenvalue weighted by molar-refractivity contribution is 9.10. The van der Waals surface area contributed by atoms with Crippen LogP contribution in [0.15, 0.2) is 46.9 Å². The highest BCUT2D eigenvalue weighted by atomic mass is 79.9. The van der Waals surface area contributed by atoms with Gasteiger partial charge >= 0.3 is 0 Å². The van der Waals surface area contributed by atoms with Crippen molar-refractivity contribution in [2.45, 2.75) is 0 Å².